The summed E-state index contributed by atoms with van der Waals surface area (Å²) in [5, 5.41) is 6.43. The maximum atomic E-state index is 12.5. The van der Waals surface area contributed by atoms with Gasteiger partial charge in [0.05, 0.1) is 18.5 Å². The van der Waals surface area contributed by atoms with E-state index in [2.05, 4.69) is 15.6 Å². The van der Waals surface area contributed by atoms with Gasteiger partial charge < -0.3 is 25.8 Å². The Hall–Kier alpha value is -3.22. The van der Waals surface area contributed by atoms with Crippen LogP contribution in [0.3, 0.4) is 0 Å². The number of allylic oxidation sites excluding steroid dienone is 2. The first kappa shape index (κ1) is 20.5. The summed E-state index contributed by atoms with van der Waals surface area (Å²) < 4.78 is 11.8. The van der Waals surface area contributed by atoms with Gasteiger partial charge in [-0.3, -0.25) is 9.79 Å². The van der Waals surface area contributed by atoms with Gasteiger partial charge in [-0.05, 0) is 38.3 Å². The number of para-hydroxylation sites is 1. The normalized spacial score (nSPS) is 17.3. The van der Waals surface area contributed by atoms with Crippen molar-refractivity contribution in [2.45, 2.75) is 33.1 Å². The van der Waals surface area contributed by atoms with Crippen molar-refractivity contribution >= 4 is 17.4 Å². The van der Waals surface area contributed by atoms with Gasteiger partial charge in [0.15, 0.2) is 11.5 Å². The van der Waals surface area contributed by atoms with Crippen molar-refractivity contribution in [3.63, 3.8) is 0 Å². The molecule has 0 bridgehead atoms. The number of aliphatic imine (C=N–C) groups is 1. The summed E-state index contributed by atoms with van der Waals surface area (Å²) in [5.74, 6) is 2.19. The Kier molecular flexibility index (Phi) is 6.26. The van der Waals surface area contributed by atoms with E-state index in [-0.39, 0.29) is 11.8 Å². The number of amidine groups is 1. The summed E-state index contributed by atoms with van der Waals surface area (Å²) in [4.78, 5) is 16.6. The minimum absolute atomic E-state index is 0.00995. The van der Waals surface area contributed by atoms with Crippen molar-refractivity contribution in [3.05, 3.63) is 53.1 Å². The number of anilines is 1. The number of nitrogens with two attached hydrogens (primary N) is 1. The summed E-state index contributed by atoms with van der Waals surface area (Å²) >= 11 is 0. The Labute approximate surface area is 171 Å². The van der Waals surface area contributed by atoms with Gasteiger partial charge in [-0.2, -0.15) is 0 Å². The molecule has 154 valence electrons. The van der Waals surface area contributed by atoms with Gasteiger partial charge in [0.25, 0.3) is 0 Å². The average molecular weight is 396 g/mol. The molecule has 0 atom stereocenters. The highest BCUT2D eigenvalue weighted by Crippen LogP contribution is 2.42. The second-order valence-corrected chi connectivity index (χ2v) is 6.87. The van der Waals surface area contributed by atoms with E-state index in [0.717, 1.165) is 19.3 Å². The topological polar surface area (TPSA) is 98.0 Å². The first-order chi connectivity index (χ1) is 14.0. The zero-order chi connectivity index (χ0) is 21.0. The van der Waals surface area contributed by atoms with E-state index in [1.807, 2.05) is 44.2 Å². The molecule has 1 saturated carbocycles. The molecule has 1 aliphatic carbocycles. The Morgan fingerprint density at radius 2 is 2.21 bits per heavy atom. The number of hydrogen-bond acceptors (Lipinski definition) is 5. The molecule has 7 heteroatoms. The Bertz CT molecular complexity index is 924. The van der Waals surface area contributed by atoms with Gasteiger partial charge >= 0.3 is 0 Å². The number of benzene rings is 1. The number of hydrogen-bond donors (Lipinski definition) is 3. The van der Waals surface area contributed by atoms with Crippen LogP contribution in [0.25, 0.3) is 0 Å². The molecule has 7 nitrogen and oxygen atoms in total. The van der Waals surface area contributed by atoms with Gasteiger partial charge in [0.1, 0.15) is 17.3 Å². The zero-order valence-corrected chi connectivity index (χ0v) is 17.3. The molecule has 29 heavy (non-hydrogen) atoms. The third-order valence-electron chi connectivity index (χ3n) is 4.83. The predicted molar refractivity (Wildman–Crippen MR) is 115 cm³/mol. The summed E-state index contributed by atoms with van der Waals surface area (Å²) in [6.07, 6.45) is 6.38. The lowest BCUT2D eigenvalue weighted by Crippen LogP contribution is -2.31. The molecule has 1 aromatic rings. The van der Waals surface area contributed by atoms with E-state index in [0.29, 0.717) is 45.7 Å². The van der Waals surface area contributed by atoms with Crippen LogP contribution in [-0.4, -0.2) is 25.9 Å². The number of methoxy groups -OCH3 is 1. The van der Waals surface area contributed by atoms with Crippen LogP contribution in [0, 0.1) is 5.92 Å². The molecule has 1 amide bonds. The molecule has 0 spiro atoms. The van der Waals surface area contributed by atoms with Crippen LogP contribution in [0.15, 0.2) is 58.1 Å². The fourth-order valence-electron chi connectivity index (χ4n) is 3.14. The van der Waals surface area contributed by atoms with Crippen molar-refractivity contribution in [1.82, 2.24) is 5.32 Å². The molecular formula is C22H28N4O3. The molecule has 0 radical (unpaired) electrons. The SMILES string of the molecule is C/C=C(/C(N)=NC)C1=C(/C(=C/CC)NC(=O)C2CC2)Oc2cccc(OC)c2N1. The van der Waals surface area contributed by atoms with Gasteiger partial charge in [0.2, 0.25) is 5.91 Å². The van der Waals surface area contributed by atoms with Crippen molar-refractivity contribution in [3.8, 4) is 11.5 Å². The number of ether oxygens (including phenoxy) is 2. The molecular weight excluding hydrogens is 368 g/mol. The molecule has 1 aliphatic heterocycles. The smallest absolute Gasteiger partial charge is 0.227 e. The van der Waals surface area contributed by atoms with Crippen LogP contribution < -0.4 is 25.8 Å². The quantitative estimate of drug-likeness (QED) is 0.484. The highest BCUT2D eigenvalue weighted by Gasteiger charge is 2.33. The standard InChI is InChI=1S/C22H28N4O3/c1-5-8-15(25-22(27)13-11-12-13)20-18(14(6-2)21(23)24-3)26-19-16(28-4)9-7-10-17(19)29-20/h6-10,13,26H,5,11-12H2,1-4H3,(H2,23,24)(H,25,27)/b14-6+,15-8-. The number of amides is 1. The number of rotatable bonds is 7. The molecule has 0 unspecified atom stereocenters. The maximum Gasteiger partial charge on any atom is 0.227 e. The molecule has 0 aromatic heterocycles. The number of carbonyl (C=O) groups is 1. The largest absolute Gasteiger partial charge is 0.494 e. The monoisotopic (exact) mass is 396 g/mol. The van der Waals surface area contributed by atoms with Gasteiger partial charge in [-0.15, -0.1) is 0 Å². The Morgan fingerprint density at radius 3 is 2.79 bits per heavy atom. The maximum absolute atomic E-state index is 12.5. The fraction of sp³-hybridized carbons (Fsp3) is 0.364. The van der Waals surface area contributed by atoms with Crippen LogP contribution in [0.5, 0.6) is 11.5 Å². The average Bonchev–Trinajstić information content (AvgIpc) is 3.58. The van der Waals surface area contributed by atoms with E-state index >= 15 is 0 Å². The molecule has 0 saturated heterocycles. The van der Waals surface area contributed by atoms with Crippen molar-refractivity contribution in [2.75, 3.05) is 19.5 Å². The third kappa shape index (κ3) is 4.29. The highest BCUT2D eigenvalue weighted by atomic mass is 16.5. The first-order valence-corrected chi connectivity index (χ1v) is 9.80. The predicted octanol–water partition coefficient (Wildman–Crippen LogP) is 3.46. The molecule has 1 aromatic carbocycles. The molecule has 3 rings (SSSR count). The number of nitrogens with one attached hydrogen (secondary N) is 2. The Morgan fingerprint density at radius 1 is 1.45 bits per heavy atom. The van der Waals surface area contributed by atoms with E-state index in [4.69, 9.17) is 15.2 Å². The second kappa shape index (κ2) is 8.86. The number of nitrogens with zero attached hydrogens (tertiary/aromatic N) is 1. The number of fused-ring (bicyclic) bond motifs is 1. The van der Waals surface area contributed by atoms with Crippen LogP contribution in [-0.2, 0) is 4.79 Å². The van der Waals surface area contributed by atoms with Gasteiger partial charge in [-0.25, -0.2) is 0 Å². The molecule has 1 fully saturated rings. The fourth-order valence-corrected chi connectivity index (χ4v) is 3.14. The number of carbonyl (C=O) groups excluding carboxylic acids is 1. The Balaban J connectivity index is 2.12. The van der Waals surface area contributed by atoms with Crippen LogP contribution in [0.2, 0.25) is 0 Å². The van der Waals surface area contributed by atoms with E-state index in [1.165, 1.54) is 0 Å². The first-order valence-electron chi connectivity index (χ1n) is 9.80. The van der Waals surface area contributed by atoms with Crippen LogP contribution in [0.1, 0.15) is 33.1 Å². The lowest BCUT2D eigenvalue weighted by atomic mass is 10.1. The van der Waals surface area contributed by atoms with Crippen LogP contribution in [0.4, 0.5) is 5.69 Å². The highest BCUT2D eigenvalue weighted by molar-refractivity contribution is 6.02. The summed E-state index contributed by atoms with van der Waals surface area (Å²) in [6.45, 7) is 3.89. The van der Waals surface area contributed by atoms with Gasteiger partial charge in [-0.1, -0.05) is 25.1 Å². The summed E-state index contributed by atoms with van der Waals surface area (Å²) in [5.41, 5.74) is 8.78. The summed E-state index contributed by atoms with van der Waals surface area (Å²) in [6, 6.07) is 5.55. The third-order valence-corrected chi connectivity index (χ3v) is 4.83. The lowest BCUT2D eigenvalue weighted by molar-refractivity contribution is -0.121. The minimum Gasteiger partial charge on any atom is -0.494 e. The lowest BCUT2D eigenvalue weighted by Gasteiger charge is -2.28. The summed E-state index contributed by atoms with van der Waals surface area (Å²) in [7, 11) is 3.24. The molecule has 4 N–H and O–H groups in total. The van der Waals surface area contributed by atoms with E-state index < -0.39 is 0 Å². The van der Waals surface area contributed by atoms with Crippen molar-refractivity contribution in [2.24, 2.45) is 16.6 Å². The minimum atomic E-state index is 0.00995. The van der Waals surface area contributed by atoms with Crippen molar-refractivity contribution in [1.29, 1.82) is 0 Å². The zero-order valence-electron chi connectivity index (χ0n) is 17.3. The van der Waals surface area contributed by atoms with Gasteiger partial charge in [0, 0.05) is 18.5 Å². The molecule has 2 aliphatic rings. The second-order valence-electron chi connectivity index (χ2n) is 6.87. The van der Waals surface area contributed by atoms with E-state index in [1.54, 1.807) is 14.2 Å². The van der Waals surface area contributed by atoms with Crippen molar-refractivity contribution < 1.29 is 14.3 Å². The van der Waals surface area contributed by atoms with Crippen LogP contribution >= 0.6 is 0 Å². The van der Waals surface area contributed by atoms with E-state index in [9.17, 15) is 4.79 Å². The molecule has 1 heterocycles.